The number of hydrogen-bond donors (Lipinski definition) is 0. The summed E-state index contributed by atoms with van der Waals surface area (Å²) in [5, 5.41) is 0. The molecule has 0 aromatic carbocycles. The fourth-order valence-corrected chi connectivity index (χ4v) is 1.31. The van der Waals surface area contributed by atoms with Crippen molar-refractivity contribution in [1.82, 2.24) is 0 Å². The van der Waals surface area contributed by atoms with Crippen molar-refractivity contribution in [2.24, 2.45) is 0 Å². The summed E-state index contributed by atoms with van der Waals surface area (Å²) in [6, 6.07) is 0. The molecule has 0 aliphatic rings. The van der Waals surface area contributed by atoms with Gasteiger partial charge in [0.05, 0.1) is 12.7 Å². The predicted molar refractivity (Wildman–Crippen MR) is 78.5 cm³/mol. The summed E-state index contributed by atoms with van der Waals surface area (Å²) in [7, 11) is 0. The monoisotopic (exact) mass is 250 g/mol. The number of ether oxygens (including phenoxy) is 2. The second kappa shape index (κ2) is 8.76. The zero-order valence-electron chi connectivity index (χ0n) is 12.1. The second-order valence-corrected chi connectivity index (χ2v) is 4.93. The lowest BCUT2D eigenvalue weighted by molar-refractivity contribution is -0.00824. The van der Waals surface area contributed by atoms with Crippen LogP contribution in [0.2, 0.25) is 0 Å². The van der Waals surface area contributed by atoms with E-state index in [0.717, 1.165) is 12.2 Å². The third kappa shape index (κ3) is 8.82. The average Bonchev–Trinajstić information content (AvgIpc) is 2.25. The molecule has 102 valence electrons. The van der Waals surface area contributed by atoms with Crippen LogP contribution in [-0.2, 0) is 9.47 Å². The van der Waals surface area contributed by atoms with Crippen LogP contribution in [0.4, 0.5) is 0 Å². The topological polar surface area (TPSA) is 18.5 Å². The minimum absolute atomic E-state index is 0.254. The van der Waals surface area contributed by atoms with E-state index in [4.69, 9.17) is 9.47 Å². The van der Waals surface area contributed by atoms with Crippen molar-refractivity contribution in [3.63, 3.8) is 0 Å². The van der Waals surface area contributed by atoms with Crippen LogP contribution in [-0.4, -0.2) is 18.3 Å². The highest BCUT2D eigenvalue weighted by molar-refractivity contribution is 5.20. The zero-order chi connectivity index (χ0) is 14.0. The molecule has 0 unspecified atom stereocenters. The first-order valence-corrected chi connectivity index (χ1v) is 6.33. The van der Waals surface area contributed by atoms with Crippen molar-refractivity contribution < 1.29 is 9.47 Å². The highest BCUT2D eigenvalue weighted by atomic mass is 16.5. The van der Waals surface area contributed by atoms with Crippen molar-refractivity contribution in [2.75, 3.05) is 6.61 Å². The van der Waals surface area contributed by atoms with Gasteiger partial charge < -0.3 is 9.47 Å². The highest BCUT2D eigenvalue weighted by Gasteiger charge is 2.20. The van der Waals surface area contributed by atoms with Crippen molar-refractivity contribution in [3.8, 4) is 0 Å². The molecular weight excluding hydrogens is 224 g/mol. The van der Waals surface area contributed by atoms with E-state index in [-0.39, 0.29) is 11.7 Å². The highest BCUT2D eigenvalue weighted by Crippen LogP contribution is 2.20. The van der Waals surface area contributed by atoms with Gasteiger partial charge in [-0.05, 0) is 39.8 Å². The smallest absolute Gasteiger partial charge is 0.120 e. The Bertz CT molecular complexity index is 309. The van der Waals surface area contributed by atoms with E-state index < -0.39 is 0 Å². The summed E-state index contributed by atoms with van der Waals surface area (Å²) in [5.74, 6) is 0.777. The van der Waals surface area contributed by atoms with E-state index in [0.29, 0.717) is 6.61 Å². The Morgan fingerprint density at radius 2 is 1.89 bits per heavy atom. The molecule has 0 aromatic rings. The van der Waals surface area contributed by atoms with E-state index in [1.54, 1.807) is 12.2 Å². The second-order valence-electron chi connectivity index (χ2n) is 4.93. The van der Waals surface area contributed by atoms with Crippen molar-refractivity contribution in [2.45, 2.75) is 45.8 Å². The Morgan fingerprint density at radius 1 is 1.22 bits per heavy atom. The van der Waals surface area contributed by atoms with Gasteiger partial charge in [0.25, 0.3) is 0 Å². The predicted octanol–water partition coefficient (Wildman–Crippen LogP) is 4.41. The molecule has 0 N–H and O–H groups in total. The van der Waals surface area contributed by atoms with Gasteiger partial charge >= 0.3 is 0 Å². The third-order valence-electron chi connectivity index (χ3n) is 2.23. The number of allylic oxidation sites excluding steroid dienone is 5. The molecule has 0 amide bonds. The number of rotatable bonds is 9. The fourth-order valence-electron chi connectivity index (χ4n) is 1.31. The lowest BCUT2D eigenvalue weighted by Gasteiger charge is -2.27. The maximum absolute atomic E-state index is 5.94. The van der Waals surface area contributed by atoms with Crippen LogP contribution in [0.25, 0.3) is 0 Å². The molecule has 0 heterocycles. The maximum atomic E-state index is 5.94. The van der Waals surface area contributed by atoms with Crippen LogP contribution in [0.5, 0.6) is 0 Å². The van der Waals surface area contributed by atoms with Gasteiger partial charge in [0.2, 0.25) is 0 Å². The van der Waals surface area contributed by atoms with E-state index in [9.17, 15) is 0 Å². The fraction of sp³-hybridized carbons (Fsp3) is 0.500. The average molecular weight is 250 g/mol. The molecule has 18 heavy (non-hydrogen) atoms. The summed E-state index contributed by atoms with van der Waals surface area (Å²) in [6.07, 6.45) is 10.1. The van der Waals surface area contributed by atoms with Gasteiger partial charge in [-0.25, -0.2) is 0 Å². The molecule has 0 rings (SSSR count). The summed E-state index contributed by atoms with van der Waals surface area (Å²) >= 11 is 0. The summed E-state index contributed by atoms with van der Waals surface area (Å²) < 4.78 is 11.5. The van der Waals surface area contributed by atoms with Crippen LogP contribution < -0.4 is 0 Å². The summed E-state index contributed by atoms with van der Waals surface area (Å²) in [4.78, 5) is 0. The normalized spacial score (nSPS) is 13.1. The molecule has 0 aliphatic carbocycles. The largest absolute Gasteiger partial charge is 0.488 e. The van der Waals surface area contributed by atoms with Crippen LogP contribution >= 0.6 is 0 Å². The minimum atomic E-state index is -0.269. The first kappa shape index (κ1) is 16.7. The molecule has 0 spiro atoms. The van der Waals surface area contributed by atoms with E-state index in [1.807, 2.05) is 32.1 Å². The van der Waals surface area contributed by atoms with Crippen LogP contribution in [0.1, 0.15) is 34.1 Å². The van der Waals surface area contributed by atoms with E-state index >= 15 is 0 Å². The van der Waals surface area contributed by atoms with Gasteiger partial charge in [-0.2, -0.15) is 0 Å². The van der Waals surface area contributed by atoms with Gasteiger partial charge in [0.15, 0.2) is 0 Å². The SMILES string of the molecule is C=C/C=C\C(=C/C=C)OC(C)(C)CCOC(C)C. The van der Waals surface area contributed by atoms with Crippen LogP contribution in [0.15, 0.2) is 49.3 Å². The third-order valence-corrected chi connectivity index (χ3v) is 2.23. The first-order chi connectivity index (χ1) is 8.41. The standard InChI is InChI=1S/C16H26O2/c1-7-9-11-15(10-8-2)18-16(5,6)12-13-17-14(3)4/h7-11,14H,1-2,12-13H2,3-6H3/b11-9-,15-10+. The summed E-state index contributed by atoms with van der Waals surface area (Å²) in [6.45, 7) is 16.2. The molecule has 0 fully saturated rings. The molecule has 0 atom stereocenters. The van der Waals surface area contributed by atoms with E-state index in [2.05, 4.69) is 27.0 Å². The molecule has 0 bridgehead atoms. The molecule has 2 nitrogen and oxygen atoms in total. The van der Waals surface area contributed by atoms with Gasteiger partial charge in [0.1, 0.15) is 11.4 Å². The van der Waals surface area contributed by atoms with Gasteiger partial charge in [0, 0.05) is 6.42 Å². The van der Waals surface area contributed by atoms with Crippen LogP contribution in [0, 0.1) is 0 Å². The Balaban J connectivity index is 4.41. The summed E-state index contributed by atoms with van der Waals surface area (Å²) in [5.41, 5.74) is -0.269. The molecule has 0 aliphatic heterocycles. The minimum Gasteiger partial charge on any atom is -0.488 e. The van der Waals surface area contributed by atoms with Crippen LogP contribution in [0.3, 0.4) is 0 Å². The Morgan fingerprint density at radius 3 is 2.39 bits per heavy atom. The van der Waals surface area contributed by atoms with Crippen molar-refractivity contribution in [1.29, 1.82) is 0 Å². The van der Waals surface area contributed by atoms with Crippen molar-refractivity contribution in [3.05, 3.63) is 49.3 Å². The molecule has 0 radical (unpaired) electrons. The number of hydrogen-bond acceptors (Lipinski definition) is 2. The lowest BCUT2D eigenvalue weighted by Crippen LogP contribution is -2.26. The Hall–Kier alpha value is -1.28. The zero-order valence-corrected chi connectivity index (χ0v) is 12.1. The Labute approximate surface area is 112 Å². The lowest BCUT2D eigenvalue weighted by atomic mass is 10.1. The van der Waals surface area contributed by atoms with Gasteiger partial charge in [-0.15, -0.1) is 0 Å². The molecular formula is C16H26O2. The molecule has 0 saturated heterocycles. The molecule has 2 heteroatoms. The van der Waals surface area contributed by atoms with Gasteiger partial charge in [-0.1, -0.05) is 31.4 Å². The quantitative estimate of drug-likeness (QED) is 0.446. The molecule has 0 saturated carbocycles. The van der Waals surface area contributed by atoms with Gasteiger partial charge in [-0.3, -0.25) is 0 Å². The first-order valence-electron chi connectivity index (χ1n) is 6.33. The maximum Gasteiger partial charge on any atom is 0.120 e. The Kier molecular flexibility index (Phi) is 8.14. The van der Waals surface area contributed by atoms with E-state index in [1.165, 1.54) is 0 Å². The van der Waals surface area contributed by atoms with Crippen molar-refractivity contribution >= 4 is 0 Å². The molecule has 0 aromatic heterocycles.